The van der Waals surface area contributed by atoms with Crippen molar-refractivity contribution in [2.24, 2.45) is 11.3 Å². The summed E-state index contributed by atoms with van der Waals surface area (Å²) in [6, 6.07) is 8.59. The quantitative estimate of drug-likeness (QED) is 0.855. The average Bonchev–Trinajstić information content (AvgIpc) is 2.89. The topological polar surface area (TPSA) is 15.3 Å². The van der Waals surface area contributed by atoms with E-state index < -0.39 is 0 Å². The lowest BCUT2D eigenvalue weighted by Crippen LogP contribution is -2.52. The zero-order valence-electron chi connectivity index (χ0n) is 11.9. The molecule has 0 amide bonds. The van der Waals surface area contributed by atoms with Crippen molar-refractivity contribution in [3.63, 3.8) is 0 Å². The molecule has 0 saturated carbocycles. The Morgan fingerprint density at radius 3 is 3.10 bits per heavy atom. The first-order chi connectivity index (χ1) is 9.78. The van der Waals surface area contributed by atoms with E-state index in [1.165, 1.54) is 51.0 Å². The number of halogens is 1. The van der Waals surface area contributed by atoms with Crippen molar-refractivity contribution in [2.45, 2.75) is 25.2 Å². The highest BCUT2D eigenvalue weighted by Gasteiger charge is 2.51. The molecular weight excluding hydrogens is 268 g/mol. The van der Waals surface area contributed by atoms with Crippen LogP contribution in [0, 0.1) is 11.3 Å². The SMILES string of the molecule is Clc1cccc(C2CNCCC23CCN2CCC3C2)c1. The van der Waals surface area contributed by atoms with Gasteiger partial charge in [0.2, 0.25) is 0 Å². The van der Waals surface area contributed by atoms with Gasteiger partial charge in [-0.2, -0.15) is 0 Å². The molecule has 0 aliphatic carbocycles. The maximum absolute atomic E-state index is 6.24. The van der Waals surface area contributed by atoms with Crippen molar-refractivity contribution in [3.8, 4) is 0 Å². The highest BCUT2D eigenvalue weighted by atomic mass is 35.5. The van der Waals surface area contributed by atoms with Crippen molar-refractivity contribution >= 4 is 11.6 Å². The highest BCUT2D eigenvalue weighted by molar-refractivity contribution is 6.30. The number of hydrogen-bond donors (Lipinski definition) is 1. The van der Waals surface area contributed by atoms with Crippen LogP contribution >= 0.6 is 11.6 Å². The Hall–Kier alpha value is -0.570. The maximum Gasteiger partial charge on any atom is 0.0408 e. The fraction of sp³-hybridized carbons (Fsp3) is 0.647. The molecule has 3 heterocycles. The van der Waals surface area contributed by atoms with E-state index in [0.717, 1.165) is 17.5 Å². The van der Waals surface area contributed by atoms with E-state index in [0.29, 0.717) is 11.3 Å². The van der Waals surface area contributed by atoms with Gasteiger partial charge in [0.25, 0.3) is 0 Å². The molecule has 0 aromatic heterocycles. The van der Waals surface area contributed by atoms with E-state index in [9.17, 15) is 0 Å². The molecule has 4 rings (SSSR count). The van der Waals surface area contributed by atoms with Crippen molar-refractivity contribution in [1.82, 2.24) is 10.2 Å². The average molecular weight is 291 g/mol. The predicted molar refractivity (Wildman–Crippen MR) is 83.3 cm³/mol. The van der Waals surface area contributed by atoms with Crippen LogP contribution in [0.1, 0.15) is 30.7 Å². The molecule has 1 N–H and O–H groups in total. The van der Waals surface area contributed by atoms with Gasteiger partial charge < -0.3 is 10.2 Å². The number of fused-ring (bicyclic) bond motifs is 3. The summed E-state index contributed by atoms with van der Waals surface area (Å²) in [5.41, 5.74) is 1.97. The summed E-state index contributed by atoms with van der Waals surface area (Å²) < 4.78 is 0. The lowest BCUT2D eigenvalue weighted by Gasteiger charge is -2.51. The summed E-state index contributed by atoms with van der Waals surface area (Å²) in [7, 11) is 0. The van der Waals surface area contributed by atoms with Gasteiger partial charge in [-0.05, 0) is 67.9 Å². The third-order valence-corrected chi connectivity index (χ3v) is 6.27. The number of rotatable bonds is 1. The van der Waals surface area contributed by atoms with Gasteiger partial charge in [0.05, 0.1) is 0 Å². The van der Waals surface area contributed by atoms with E-state index in [1.54, 1.807) is 0 Å². The minimum atomic E-state index is 0.517. The second-order valence-corrected chi connectivity index (χ2v) is 7.27. The number of nitrogens with one attached hydrogen (secondary N) is 1. The molecular formula is C17H23ClN2. The molecule has 108 valence electrons. The van der Waals surface area contributed by atoms with Crippen LogP contribution in [-0.4, -0.2) is 37.6 Å². The van der Waals surface area contributed by atoms with Gasteiger partial charge in [-0.1, -0.05) is 23.7 Å². The van der Waals surface area contributed by atoms with Gasteiger partial charge in [-0.15, -0.1) is 0 Å². The molecule has 2 bridgehead atoms. The molecule has 3 aliphatic heterocycles. The summed E-state index contributed by atoms with van der Waals surface area (Å²) in [6.45, 7) is 6.26. The van der Waals surface area contributed by atoms with Gasteiger partial charge >= 0.3 is 0 Å². The second-order valence-electron chi connectivity index (χ2n) is 6.83. The maximum atomic E-state index is 6.24. The predicted octanol–water partition coefficient (Wildman–Crippen LogP) is 3.13. The molecule has 4 unspecified atom stereocenters. The van der Waals surface area contributed by atoms with Gasteiger partial charge in [-0.25, -0.2) is 0 Å². The van der Waals surface area contributed by atoms with E-state index in [2.05, 4.69) is 28.4 Å². The molecule has 3 fully saturated rings. The number of hydrogen-bond acceptors (Lipinski definition) is 2. The van der Waals surface area contributed by atoms with Crippen LogP contribution in [0.15, 0.2) is 24.3 Å². The zero-order chi connectivity index (χ0) is 13.6. The first kappa shape index (κ1) is 13.1. The minimum absolute atomic E-state index is 0.517. The van der Waals surface area contributed by atoms with Crippen LogP contribution in [0.2, 0.25) is 5.02 Å². The molecule has 1 aromatic carbocycles. The smallest absolute Gasteiger partial charge is 0.0408 e. The van der Waals surface area contributed by atoms with E-state index in [1.807, 2.05) is 6.07 Å². The van der Waals surface area contributed by atoms with E-state index in [-0.39, 0.29) is 0 Å². The first-order valence-electron chi connectivity index (χ1n) is 7.96. The first-order valence-corrected chi connectivity index (χ1v) is 8.34. The van der Waals surface area contributed by atoms with Crippen molar-refractivity contribution < 1.29 is 0 Å². The summed E-state index contributed by atoms with van der Waals surface area (Å²) in [4.78, 5) is 2.66. The molecule has 3 heteroatoms. The summed E-state index contributed by atoms with van der Waals surface area (Å²) in [5, 5.41) is 4.51. The second kappa shape index (κ2) is 5.01. The van der Waals surface area contributed by atoms with Crippen LogP contribution in [0.3, 0.4) is 0 Å². The zero-order valence-corrected chi connectivity index (χ0v) is 12.7. The molecule has 3 saturated heterocycles. The van der Waals surface area contributed by atoms with Gasteiger partial charge in [0.1, 0.15) is 0 Å². The number of piperidine rings is 2. The summed E-state index contributed by atoms with van der Waals surface area (Å²) in [6.07, 6.45) is 4.11. The fourth-order valence-electron chi connectivity index (χ4n) is 4.98. The largest absolute Gasteiger partial charge is 0.316 e. The Kier molecular flexibility index (Phi) is 3.29. The molecule has 4 atom stereocenters. The van der Waals surface area contributed by atoms with Crippen LogP contribution < -0.4 is 5.32 Å². The monoisotopic (exact) mass is 290 g/mol. The van der Waals surface area contributed by atoms with Crippen LogP contribution in [0.5, 0.6) is 0 Å². The normalized spacial score (nSPS) is 40.1. The van der Waals surface area contributed by atoms with Crippen LogP contribution in [0.25, 0.3) is 0 Å². The Morgan fingerprint density at radius 2 is 2.20 bits per heavy atom. The van der Waals surface area contributed by atoms with Crippen molar-refractivity contribution in [1.29, 1.82) is 0 Å². The lowest BCUT2D eigenvalue weighted by molar-refractivity contribution is 0.0329. The third kappa shape index (κ3) is 2.01. The molecule has 1 aromatic rings. The molecule has 0 radical (unpaired) electrons. The van der Waals surface area contributed by atoms with Gasteiger partial charge in [0.15, 0.2) is 0 Å². The molecule has 1 spiro atoms. The highest BCUT2D eigenvalue weighted by Crippen LogP contribution is 2.54. The van der Waals surface area contributed by atoms with Crippen molar-refractivity contribution in [3.05, 3.63) is 34.9 Å². The summed E-state index contributed by atoms with van der Waals surface area (Å²) in [5.74, 6) is 1.53. The minimum Gasteiger partial charge on any atom is -0.316 e. The third-order valence-electron chi connectivity index (χ3n) is 6.04. The Morgan fingerprint density at radius 1 is 1.25 bits per heavy atom. The fourth-order valence-corrected chi connectivity index (χ4v) is 5.18. The Labute approximate surface area is 126 Å². The van der Waals surface area contributed by atoms with Crippen molar-refractivity contribution in [2.75, 3.05) is 32.7 Å². The lowest BCUT2D eigenvalue weighted by atomic mass is 9.58. The van der Waals surface area contributed by atoms with Crippen LogP contribution in [-0.2, 0) is 0 Å². The Bertz CT molecular complexity index is 504. The molecule has 3 aliphatic rings. The number of benzene rings is 1. The number of nitrogens with zero attached hydrogens (tertiary/aromatic N) is 1. The van der Waals surface area contributed by atoms with Gasteiger partial charge in [0, 0.05) is 24.0 Å². The van der Waals surface area contributed by atoms with E-state index in [4.69, 9.17) is 11.6 Å². The summed E-state index contributed by atoms with van der Waals surface area (Å²) >= 11 is 6.24. The van der Waals surface area contributed by atoms with Gasteiger partial charge in [-0.3, -0.25) is 0 Å². The molecule has 20 heavy (non-hydrogen) atoms. The Balaban J connectivity index is 1.72. The van der Waals surface area contributed by atoms with Crippen LogP contribution in [0.4, 0.5) is 0 Å². The van der Waals surface area contributed by atoms with E-state index >= 15 is 0 Å². The molecule has 2 nitrogen and oxygen atoms in total. The standard InChI is InChI=1S/C17H23ClN2/c18-15-3-1-2-13(10-15)16-11-19-7-5-17(16)6-9-20-8-4-14(17)12-20/h1-3,10,14,16,19H,4-9,11-12H2.